The monoisotopic (exact) mass is 317 g/mol. The maximum Gasteiger partial charge on any atom is 0.137 e. The number of nitrogens with one attached hydrogen (secondary N) is 1. The van der Waals surface area contributed by atoms with Crippen molar-refractivity contribution >= 4 is 27.7 Å². The lowest BCUT2D eigenvalue weighted by Crippen LogP contribution is -2.25. The fraction of sp³-hybridized carbons (Fsp3) is 0.538. The molecule has 94 valence electrons. The predicted octanol–water partition coefficient (Wildman–Crippen LogP) is 3.82. The Morgan fingerprint density at radius 3 is 2.82 bits per heavy atom. The molecular weight excluding hydrogens is 301 g/mol. The van der Waals surface area contributed by atoms with Crippen molar-refractivity contribution in [2.24, 2.45) is 5.92 Å². The zero-order valence-corrected chi connectivity index (χ0v) is 12.1. The minimum absolute atomic E-state index is 0.182. The van der Waals surface area contributed by atoms with Crippen LogP contribution in [0.15, 0.2) is 22.7 Å². The van der Waals surface area contributed by atoms with Crippen molar-refractivity contribution in [1.82, 2.24) is 5.32 Å². The van der Waals surface area contributed by atoms with Gasteiger partial charge in [-0.3, -0.25) is 0 Å². The van der Waals surface area contributed by atoms with Crippen LogP contribution in [0.1, 0.15) is 18.4 Å². The van der Waals surface area contributed by atoms with Crippen molar-refractivity contribution in [1.29, 1.82) is 0 Å². The van der Waals surface area contributed by atoms with E-state index >= 15 is 0 Å². The van der Waals surface area contributed by atoms with Gasteiger partial charge in [0.1, 0.15) is 5.82 Å². The summed E-state index contributed by atoms with van der Waals surface area (Å²) in [5.74, 6) is 3.20. The molecule has 1 heterocycles. The summed E-state index contributed by atoms with van der Waals surface area (Å²) in [6, 6.07) is 5.31. The smallest absolute Gasteiger partial charge is 0.137 e. The number of benzene rings is 1. The normalized spacial score (nSPS) is 17.3. The van der Waals surface area contributed by atoms with Crippen LogP contribution in [-0.2, 0) is 6.54 Å². The van der Waals surface area contributed by atoms with E-state index in [-0.39, 0.29) is 5.82 Å². The summed E-state index contributed by atoms with van der Waals surface area (Å²) in [6.45, 7) is 1.81. The van der Waals surface area contributed by atoms with Gasteiger partial charge in [0.05, 0.1) is 4.47 Å². The van der Waals surface area contributed by atoms with E-state index in [9.17, 15) is 4.39 Å². The van der Waals surface area contributed by atoms with E-state index < -0.39 is 0 Å². The van der Waals surface area contributed by atoms with Crippen LogP contribution in [0, 0.1) is 11.7 Å². The van der Waals surface area contributed by atoms with Gasteiger partial charge in [0.25, 0.3) is 0 Å². The topological polar surface area (TPSA) is 12.0 Å². The quantitative estimate of drug-likeness (QED) is 0.906. The number of halogens is 2. The van der Waals surface area contributed by atoms with Gasteiger partial charge in [-0.05, 0) is 70.4 Å². The summed E-state index contributed by atoms with van der Waals surface area (Å²) >= 11 is 5.21. The highest BCUT2D eigenvalue weighted by atomic mass is 79.9. The summed E-state index contributed by atoms with van der Waals surface area (Å²) in [6.07, 6.45) is 2.62. The van der Waals surface area contributed by atoms with Gasteiger partial charge in [-0.1, -0.05) is 6.07 Å². The second kappa shape index (κ2) is 6.76. The molecule has 0 unspecified atom stereocenters. The first-order chi connectivity index (χ1) is 8.25. The van der Waals surface area contributed by atoms with Crippen molar-refractivity contribution in [3.8, 4) is 0 Å². The molecule has 1 fully saturated rings. The SMILES string of the molecule is Fc1cc(CNCC2CCSCC2)ccc1Br. The average molecular weight is 318 g/mol. The summed E-state index contributed by atoms with van der Waals surface area (Å²) in [4.78, 5) is 0. The Morgan fingerprint density at radius 1 is 1.35 bits per heavy atom. The lowest BCUT2D eigenvalue weighted by atomic mass is 10.0. The van der Waals surface area contributed by atoms with Crippen LogP contribution in [-0.4, -0.2) is 18.1 Å². The van der Waals surface area contributed by atoms with Crippen LogP contribution in [0.5, 0.6) is 0 Å². The van der Waals surface area contributed by atoms with Crippen LogP contribution < -0.4 is 5.32 Å². The Labute approximate surface area is 115 Å². The van der Waals surface area contributed by atoms with Crippen LogP contribution in [0.3, 0.4) is 0 Å². The molecule has 1 aliphatic heterocycles. The van der Waals surface area contributed by atoms with Gasteiger partial charge in [0.2, 0.25) is 0 Å². The maximum absolute atomic E-state index is 13.3. The molecule has 0 aromatic heterocycles. The van der Waals surface area contributed by atoms with E-state index in [0.29, 0.717) is 4.47 Å². The van der Waals surface area contributed by atoms with Gasteiger partial charge >= 0.3 is 0 Å². The molecule has 1 aromatic carbocycles. The van der Waals surface area contributed by atoms with Crippen molar-refractivity contribution < 1.29 is 4.39 Å². The minimum atomic E-state index is -0.182. The third-order valence-electron chi connectivity index (χ3n) is 3.09. The summed E-state index contributed by atoms with van der Waals surface area (Å²) < 4.78 is 13.8. The number of hydrogen-bond acceptors (Lipinski definition) is 2. The first-order valence-corrected chi connectivity index (χ1v) is 7.93. The molecule has 1 saturated heterocycles. The summed E-state index contributed by atoms with van der Waals surface area (Å²) in [7, 11) is 0. The zero-order chi connectivity index (χ0) is 12.1. The number of rotatable bonds is 4. The third-order valence-corrected chi connectivity index (χ3v) is 4.78. The Hall–Kier alpha value is -0.0600. The lowest BCUT2D eigenvalue weighted by Gasteiger charge is -2.21. The van der Waals surface area contributed by atoms with Gasteiger partial charge in [-0.2, -0.15) is 11.8 Å². The van der Waals surface area contributed by atoms with Crippen LogP contribution in [0.4, 0.5) is 4.39 Å². The van der Waals surface area contributed by atoms with Gasteiger partial charge in [0, 0.05) is 6.54 Å². The van der Waals surface area contributed by atoms with Gasteiger partial charge in [-0.15, -0.1) is 0 Å². The highest BCUT2D eigenvalue weighted by Gasteiger charge is 2.12. The average Bonchev–Trinajstić information content (AvgIpc) is 2.35. The van der Waals surface area contributed by atoms with E-state index in [1.54, 1.807) is 12.1 Å². The molecule has 1 aromatic rings. The van der Waals surface area contributed by atoms with Crippen molar-refractivity contribution in [2.45, 2.75) is 19.4 Å². The molecule has 0 bridgehead atoms. The van der Waals surface area contributed by atoms with Gasteiger partial charge in [-0.25, -0.2) is 4.39 Å². The number of thioether (sulfide) groups is 1. The van der Waals surface area contributed by atoms with Crippen LogP contribution in [0.25, 0.3) is 0 Å². The molecule has 0 atom stereocenters. The maximum atomic E-state index is 13.3. The molecule has 0 saturated carbocycles. The van der Waals surface area contributed by atoms with Gasteiger partial charge < -0.3 is 5.32 Å². The molecule has 0 amide bonds. The fourth-order valence-electron chi connectivity index (χ4n) is 2.02. The molecule has 2 rings (SSSR count). The molecule has 4 heteroatoms. The fourth-order valence-corrected chi connectivity index (χ4v) is 3.47. The molecule has 0 radical (unpaired) electrons. The standard InChI is InChI=1S/C13H17BrFNS/c14-12-2-1-11(7-13(12)15)9-16-8-10-3-5-17-6-4-10/h1-2,7,10,16H,3-6,8-9H2. The highest BCUT2D eigenvalue weighted by Crippen LogP contribution is 2.22. The van der Waals surface area contributed by atoms with E-state index in [1.165, 1.54) is 24.3 Å². The molecule has 1 N–H and O–H groups in total. The van der Waals surface area contributed by atoms with Crippen molar-refractivity contribution in [3.05, 3.63) is 34.1 Å². The second-order valence-electron chi connectivity index (χ2n) is 4.44. The Kier molecular flexibility index (Phi) is 5.32. The Bertz CT molecular complexity index is 366. The zero-order valence-electron chi connectivity index (χ0n) is 9.72. The van der Waals surface area contributed by atoms with E-state index in [0.717, 1.165) is 24.6 Å². The van der Waals surface area contributed by atoms with Crippen molar-refractivity contribution in [3.63, 3.8) is 0 Å². The number of hydrogen-bond donors (Lipinski definition) is 1. The first kappa shape index (κ1) is 13.4. The highest BCUT2D eigenvalue weighted by molar-refractivity contribution is 9.10. The van der Waals surface area contributed by atoms with E-state index in [1.807, 2.05) is 17.8 Å². The molecule has 1 nitrogen and oxygen atoms in total. The summed E-state index contributed by atoms with van der Waals surface area (Å²) in [5.41, 5.74) is 1.01. The molecular formula is C13H17BrFNS. The Morgan fingerprint density at radius 2 is 2.12 bits per heavy atom. The van der Waals surface area contributed by atoms with Crippen molar-refractivity contribution in [2.75, 3.05) is 18.1 Å². The predicted molar refractivity (Wildman–Crippen MR) is 75.9 cm³/mol. The Balaban J connectivity index is 1.75. The first-order valence-electron chi connectivity index (χ1n) is 5.98. The van der Waals surface area contributed by atoms with Crippen LogP contribution in [0.2, 0.25) is 0 Å². The minimum Gasteiger partial charge on any atom is -0.312 e. The van der Waals surface area contributed by atoms with Crippen LogP contribution >= 0.6 is 27.7 Å². The second-order valence-corrected chi connectivity index (χ2v) is 6.51. The molecule has 0 aliphatic carbocycles. The van der Waals surface area contributed by atoms with E-state index in [4.69, 9.17) is 0 Å². The molecule has 1 aliphatic rings. The summed E-state index contributed by atoms with van der Waals surface area (Å²) in [5, 5.41) is 3.43. The van der Waals surface area contributed by atoms with E-state index in [2.05, 4.69) is 21.2 Å². The third kappa shape index (κ3) is 4.27. The lowest BCUT2D eigenvalue weighted by molar-refractivity contribution is 0.447. The molecule has 17 heavy (non-hydrogen) atoms. The molecule has 0 spiro atoms. The van der Waals surface area contributed by atoms with Gasteiger partial charge in [0.15, 0.2) is 0 Å². The largest absolute Gasteiger partial charge is 0.312 e.